The minimum Gasteiger partial charge on any atom is -0.408 e. The maximum Gasteiger partial charge on any atom is 0.420 e. The first-order valence-corrected chi connectivity index (χ1v) is 6.60. The summed E-state index contributed by atoms with van der Waals surface area (Å²) in [6.07, 6.45) is 0.911. The molecule has 0 N–H and O–H groups in total. The third-order valence-corrected chi connectivity index (χ3v) is 3.21. The van der Waals surface area contributed by atoms with Gasteiger partial charge < -0.3 is 4.42 Å². The second-order valence-electron chi connectivity index (χ2n) is 4.38. The number of hydrogen-bond acceptors (Lipinski definition) is 5. The van der Waals surface area contributed by atoms with Crippen LogP contribution >= 0.6 is 11.6 Å². The summed E-state index contributed by atoms with van der Waals surface area (Å²) in [7, 11) is 0. The maximum absolute atomic E-state index is 11.9. The Balaban J connectivity index is 2.04. The maximum atomic E-state index is 11.9. The first kappa shape index (κ1) is 12.9. The highest BCUT2D eigenvalue weighted by molar-refractivity contribution is 6.31. The summed E-state index contributed by atoms with van der Waals surface area (Å²) in [5.41, 5.74) is 1.13. The predicted octanol–water partition coefficient (Wildman–Crippen LogP) is 1.69. The van der Waals surface area contributed by atoms with Crippen molar-refractivity contribution in [2.75, 3.05) is 0 Å². The number of rotatable bonds is 4. The zero-order valence-corrected chi connectivity index (χ0v) is 11.5. The third-order valence-electron chi connectivity index (χ3n) is 2.97. The molecule has 0 unspecified atom stereocenters. The minimum atomic E-state index is -0.451. The largest absolute Gasteiger partial charge is 0.420 e. The van der Waals surface area contributed by atoms with Crippen molar-refractivity contribution in [1.82, 2.24) is 24.8 Å². The molecule has 3 aromatic rings. The first-order valence-electron chi connectivity index (χ1n) is 6.23. The van der Waals surface area contributed by atoms with Crippen LogP contribution in [0, 0.1) is 0 Å². The SMILES string of the molecule is CCCn1nnnc1Cn1c(=O)oc2cc(Cl)ccc21. The summed E-state index contributed by atoms with van der Waals surface area (Å²) in [4.78, 5) is 11.9. The molecule has 0 bridgehead atoms. The van der Waals surface area contributed by atoms with E-state index < -0.39 is 5.76 Å². The molecular weight excluding hydrogens is 282 g/mol. The van der Waals surface area contributed by atoms with Gasteiger partial charge in [-0.15, -0.1) is 5.10 Å². The van der Waals surface area contributed by atoms with Gasteiger partial charge in [0.1, 0.15) is 0 Å². The van der Waals surface area contributed by atoms with Crippen LogP contribution in [-0.4, -0.2) is 24.8 Å². The van der Waals surface area contributed by atoms with Gasteiger partial charge in [0.15, 0.2) is 11.4 Å². The number of oxazole rings is 1. The zero-order chi connectivity index (χ0) is 14.1. The van der Waals surface area contributed by atoms with Crippen molar-refractivity contribution in [1.29, 1.82) is 0 Å². The predicted molar refractivity (Wildman–Crippen MR) is 72.7 cm³/mol. The lowest BCUT2D eigenvalue weighted by atomic mass is 10.3. The Kier molecular flexibility index (Phi) is 3.27. The third kappa shape index (κ3) is 2.20. The van der Waals surface area contributed by atoms with Gasteiger partial charge in [0, 0.05) is 17.6 Å². The van der Waals surface area contributed by atoms with Crippen molar-refractivity contribution in [3.63, 3.8) is 0 Å². The molecule has 20 heavy (non-hydrogen) atoms. The molecule has 8 heteroatoms. The summed E-state index contributed by atoms with van der Waals surface area (Å²) in [6.45, 7) is 3.01. The average molecular weight is 294 g/mol. The number of aromatic nitrogens is 5. The summed E-state index contributed by atoms with van der Waals surface area (Å²) in [5.74, 6) is 0.167. The van der Waals surface area contributed by atoms with E-state index in [1.165, 1.54) is 4.57 Å². The highest BCUT2D eigenvalue weighted by Crippen LogP contribution is 2.18. The quantitative estimate of drug-likeness (QED) is 0.731. The number of tetrazole rings is 1. The molecule has 0 saturated carbocycles. The van der Waals surface area contributed by atoms with E-state index in [4.69, 9.17) is 16.0 Å². The summed E-state index contributed by atoms with van der Waals surface area (Å²) < 4.78 is 8.34. The van der Waals surface area contributed by atoms with Crippen LogP contribution in [-0.2, 0) is 13.1 Å². The van der Waals surface area contributed by atoms with E-state index in [1.54, 1.807) is 22.9 Å². The standard InChI is InChI=1S/C12H12ClN5O2/c1-2-5-18-11(14-15-16-18)7-17-9-4-3-8(13)6-10(9)20-12(17)19/h3-4,6H,2,5,7H2,1H3. The van der Waals surface area contributed by atoms with E-state index >= 15 is 0 Å². The van der Waals surface area contributed by atoms with Gasteiger partial charge in [-0.3, -0.25) is 4.57 Å². The van der Waals surface area contributed by atoms with Gasteiger partial charge in [0.2, 0.25) is 0 Å². The Bertz CT molecular complexity index is 804. The molecular formula is C12H12ClN5O2. The number of aryl methyl sites for hydroxylation is 1. The molecule has 104 valence electrons. The number of hydrogen-bond donors (Lipinski definition) is 0. The topological polar surface area (TPSA) is 78.7 Å². The Morgan fingerprint density at radius 1 is 1.40 bits per heavy atom. The molecule has 0 spiro atoms. The van der Waals surface area contributed by atoms with Crippen molar-refractivity contribution in [2.24, 2.45) is 0 Å². The Hall–Kier alpha value is -2.15. The van der Waals surface area contributed by atoms with E-state index in [0.717, 1.165) is 6.42 Å². The van der Waals surface area contributed by atoms with Gasteiger partial charge in [-0.05, 0) is 29.0 Å². The number of benzene rings is 1. The van der Waals surface area contributed by atoms with Crippen LogP contribution in [0.5, 0.6) is 0 Å². The molecule has 0 radical (unpaired) electrons. The fourth-order valence-electron chi connectivity index (χ4n) is 2.05. The van der Waals surface area contributed by atoms with Gasteiger partial charge in [-0.25, -0.2) is 9.48 Å². The highest BCUT2D eigenvalue weighted by atomic mass is 35.5. The molecule has 1 aromatic carbocycles. The van der Waals surface area contributed by atoms with Crippen molar-refractivity contribution >= 4 is 22.7 Å². The Labute approximate surface area is 118 Å². The molecule has 0 atom stereocenters. The van der Waals surface area contributed by atoms with Crippen molar-refractivity contribution in [3.05, 3.63) is 39.6 Å². The second-order valence-corrected chi connectivity index (χ2v) is 4.82. The number of fused-ring (bicyclic) bond motifs is 1. The number of halogens is 1. The normalized spacial score (nSPS) is 11.3. The van der Waals surface area contributed by atoms with Crippen molar-refractivity contribution < 1.29 is 4.42 Å². The summed E-state index contributed by atoms with van der Waals surface area (Å²) >= 11 is 5.88. The summed E-state index contributed by atoms with van der Waals surface area (Å²) in [6, 6.07) is 5.07. The average Bonchev–Trinajstić information content (AvgIpc) is 2.96. The van der Waals surface area contributed by atoms with Gasteiger partial charge in [0.05, 0.1) is 12.1 Å². The van der Waals surface area contributed by atoms with Crippen LogP contribution < -0.4 is 5.76 Å². The monoisotopic (exact) mass is 293 g/mol. The van der Waals surface area contributed by atoms with E-state index in [0.29, 0.717) is 28.5 Å². The fraction of sp³-hybridized carbons (Fsp3) is 0.333. The molecule has 0 aliphatic carbocycles. The lowest BCUT2D eigenvalue weighted by Crippen LogP contribution is -2.18. The molecule has 0 saturated heterocycles. The number of nitrogens with zero attached hydrogens (tertiary/aromatic N) is 5. The molecule has 7 nitrogen and oxygen atoms in total. The highest BCUT2D eigenvalue weighted by Gasteiger charge is 2.13. The van der Waals surface area contributed by atoms with Crippen molar-refractivity contribution in [2.45, 2.75) is 26.4 Å². The molecule has 2 heterocycles. The van der Waals surface area contributed by atoms with Crippen LogP contribution in [0.15, 0.2) is 27.4 Å². The van der Waals surface area contributed by atoms with Crippen LogP contribution in [0.25, 0.3) is 11.1 Å². The minimum absolute atomic E-state index is 0.264. The lowest BCUT2D eigenvalue weighted by Gasteiger charge is -2.03. The first-order chi connectivity index (χ1) is 9.69. The van der Waals surface area contributed by atoms with Crippen LogP contribution in [0.1, 0.15) is 19.2 Å². The summed E-state index contributed by atoms with van der Waals surface area (Å²) in [5, 5.41) is 12.0. The smallest absolute Gasteiger partial charge is 0.408 e. The van der Waals surface area contributed by atoms with Gasteiger partial charge in [0.25, 0.3) is 0 Å². The van der Waals surface area contributed by atoms with E-state index in [9.17, 15) is 4.79 Å². The Morgan fingerprint density at radius 2 is 2.25 bits per heavy atom. The van der Waals surface area contributed by atoms with E-state index in [2.05, 4.69) is 15.5 Å². The Morgan fingerprint density at radius 3 is 3.05 bits per heavy atom. The van der Waals surface area contributed by atoms with Crippen LogP contribution in [0.3, 0.4) is 0 Å². The molecule has 0 fully saturated rings. The van der Waals surface area contributed by atoms with Gasteiger partial charge in [-0.1, -0.05) is 18.5 Å². The van der Waals surface area contributed by atoms with Crippen molar-refractivity contribution in [3.8, 4) is 0 Å². The molecule has 3 rings (SSSR count). The van der Waals surface area contributed by atoms with E-state index in [-0.39, 0.29) is 6.54 Å². The second kappa shape index (κ2) is 5.09. The van der Waals surface area contributed by atoms with Gasteiger partial charge >= 0.3 is 5.76 Å². The van der Waals surface area contributed by atoms with E-state index in [1.807, 2.05) is 6.92 Å². The van der Waals surface area contributed by atoms with Crippen LogP contribution in [0.4, 0.5) is 0 Å². The molecule has 0 amide bonds. The fourth-order valence-corrected chi connectivity index (χ4v) is 2.22. The molecule has 0 aliphatic heterocycles. The molecule has 2 aromatic heterocycles. The zero-order valence-electron chi connectivity index (χ0n) is 10.8. The molecule has 0 aliphatic rings. The van der Waals surface area contributed by atoms with Gasteiger partial charge in [-0.2, -0.15) is 0 Å². The van der Waals surface area contributed by atoms with Crippen LogP contribution in [0.2, 0.25) is 5.02 Å². The lowest BCUT2D eigenvalue weighted by molar-refractivity contribution is 0.498.